The molecule has 1 atom stereocenters. The number of hydrogen-bond acceptors (Lipinski definition) is 4. The van der Waals surface area contributed by atoms with E-state index in [0.717, 1.165) is 0 Å². The zero-order valence-corrected chi connectivity index (χ0v) is 18.9. The minimum atomic E-state index is -1.32. The maximum atomic E-state index is 13.7. The number of nitrogens with one attached hydrogen (secondary N) is 1. The molecule has 5 rings (SSSR count). The number of amides is 2. The highest BCUT2D eigenvalue weighted by atomic mass is 35.5. The summed E-state index contributed by atoms with van der Waals surface area (Å²) in [5.74, 6) is -0.659. The molecule has 34 heavy (non-hydrogen) atoms. The Morgan fingerprint density at radius 2 is 1.97 bits per heavy atom. The van der Waals surface area contributed by atoms with Gasteiger partial charge in [-0.2, -0.15) is 5.10 Å². The average Bonchev–Trinajstić information content (AvgIpc) is 3.49. The summed E-state index contributed by atoms with van der Waals surface area (Å²) in [5.41, 5.74) is 0.630. The quantitative estimate of drug-likeness (QED) is 0.452. The fourth-order valence-electron chi connectivity index (χ4n) is 4.14. The van der Waals surface area contributed by atoms with Crippen LogP contribution in [0.2, 0.25) is 5.02 Å². The van der Waals surface area contributed by atoms with E-state index < -0.39 is 11.4 Å². The zero-order chi connectivity index (χ0) is 23.9. The van der Waals surface area contributed by atoms with Gasteiger partial charge in [-0.05, 0) is 61.0 Å². The summed E-state index contributed by atoms with van der Waals surface area (Å²) in [4.78, 5) is 28.7. The van der Waals surface area contributed by atoms with Crippen LogP contribution in [0.25, 0.3) is 11.5 Å². The van der Waals surface area contributed by atoms with Crippen molar-refractivity contribution in [2.45, 2.75) is 25.6 Å². The molecule has 7 nitrogen and oxygen atoms in total. The van der Waals surface area contributed by atoms with Gasteiger partial charge in [-0.15, -0.1) is 0 Å². The number of fused-ring (bicyclic) bond motifs is 1. The lowest BCUT2D eigenvalue weighted by molar-refractivity contribution is -0.126. The lowest BCUT2D eigenvalue weighted by Crippen LogP contribution is -2.64. The first kappa shape index (κ1) is 21.9. The van der Waals surface area contributed by atoms with Crippen molar-refractivity contribution in [2.24, 2.45) is 0 Å². The molecule has 0 radical (unpaired) electrons. The minimum Gasteiger partial charge on any atom is -0.463 e. The van der Waals surface area contributed by atoms with Gasteiger partial charge in [-0.1, -0.05) is 23.7 Å². The minimum absolute atomic E-state index is 0.104. The molecule has 4 aromatic rings. The van der Waals surface area contributed by atoms with Gasteiger partial charge in [-0.25, -0.2) is 4.39 Å². The molecule has 0 saturated heterocycles. The third-order valence-corrected chi connectivity index (χ3v) is 6.10. The van der Waals surface area contributed by atoms with Crippen LogP contribution in [0.15, 0.2) is 77.4 Å². The fraction of sp³-hybridized carbons (Fsp3) is 0.160. The number of nitrogens with zero attached hydrogens (tertiary/aromatic N) is 3. The molecular weight excluding hydrogens is 459 g/mol. The van der Waals surface area contributed by atoms with Crippen molar-refractivity contribution in [1.82, 2.24) is 15.1 Å². The van der Waals surface area contributed by atoms with Crippen molar-refractivity contribution >= 4 is 29.1 Å². The lowest BCUT2D eigenvalue weighted by atomic mass is 9.94. The number of furan rings is 1. The summed E-state index contributed by atoms with van der Waals surface area (Å²) in [6.07, 6.45) is 1.53. The van der Waals surface area contributed by atoms with Gasteiger partial charge in [-0.3, -0.25) is 19.2 Å². The predicted octanol–water partition coefficient (Wildman–Crippen LogP) is 4.67. The van der Waals surface area contributed by atoms with Gasteiger partial charge in [0.15, 0.2) is 5.76 Å². The van der Waals surface area contributed by atoms with Crippen molar-refractivity contribution in [3.63, 3.8) is 0 Å². The molecule has 2 amide bonds. The molecule has 2 aromatic carbocycles. The Balaban J connectivity index is 1.53. The summed E-state index contributed by atoms with van der Waals surface area (Å²) in [7, 11) is 0. The molecule has 9 heteroatoms. The van der Waals surface area contributed by atoms with Gasteiger partial charge < -0.3 is 9.73 Å². The number of aromatic nitrogens is 2. The SMILES string of the molecule is C[C@@]1(C(=O)NCc2cccc(F)c2)Cn2nc(-c3ccco3)cc2C(=O)N1c1ccc(Cl)cc1. The fourth-order valence-corrected chi connectivity index (χ4v) is 4.27. The second-order valence-corrected chi connectivity index (χ2v) is 8.69. The number of carbonyl (C=O) groups excluding carboxylic acids is 2. The molecule has 2 aromatic heterocycles. The molecule has 0 spiro atoms. The molecule has 0 unspecified atom stereocenters. The zero-order valence-electron chi connectivity index (χ0n) is 18.2. The van der Waals surface area contributed by atoms with Gasteiger partial charge in [0.05, 0.1) is 12.8 Å². The van der Waals surface area contributed by atoms with Gasteiger partial charge in [0.2, 0.25) is 5.91 Å². The second-order valence-electron chi connectivity index (χ2n) is 8.25. The van der Waals surface area contributed by atoms with E-state index in [1.165, 1.54) is 28.0 Å². The van der Waals surface area contributed by atoms with Crippen molar-refractivity contribution in [3.8, 4) is 11.5 Å². The van der Waals surface area contributed by atoms with Crippen LogP contribution in [0.3, 0.4) is 0 Å². The van der Waals surface area contributed by atoms with Gasteiger partial charge in [0, 0.05) is 23.3 Å². The highest BCUT2D eigenvalue weighted by Gasteiger charge is 2.49. The van der Waals surface area contributed by atoms with E-state index in [0.29, 0.717) is 33.4 Å². The molecule has 0 fully saturated rings. The van der Waals surface area contributed by atoms with Crippen LogP contribution in [-0.4, -0.2) is 27.1 Å². The monoisotopic (exact) mass is 478 g/mol. The van der Waals surface area contributed by atoms with Gasteiger partial charge >= 0.3 is 0 Å². The molecule has 1 N–H and O–H groups in total. The topological polar surface area (TPSA) is 80.4 Å². The van der Waals surface area contributed by atoms with Crippen molar-refractivity contribution in [1.29, 1.82) is 0 Å². The summed E-state index contributed by atoms with van der Waals surface area (Å²) < 4.78 is 20.5. The van der Waals surface area contributed by atoms with Crippen LogP contribution in [0.1, 0.15) is 23.0 Å². The summed E-state index contributed by atoms with van der Waals surface area (Å²) in [5, 5.41) is 7.88. The largest absolute Gasteiger partial charge is 0.463 e. The van der Waals surface area contributed by atoms with E-state index >= 15 is 0 Å². The molecular formula is C25H20ClFN4O3. The summed E-state index contributed by atoms with van der Waals surface area (Å²) in [6, 6.07) is 17.8. The number of hydrogen-bond donors (Lipinski definition) is 1. The van der Waals surface area contributed by atoms with Gasteiger partial charge in [0.25, 0.3) is 5.91 Å². The van der Waals surface area contributed by atoms with Crippen LogP contribution in [0, 0.1) is 5.82 Å². The first-order valence-corrected chi connectivity index (χ1v) is 11.0. The molecule has 0 aliphatic carbocycles. The number of rotatable bonds is 5. The average molecular weight is 479 g/mol. The van der Waals surface area contributed by atoms with Crippen LogP contribution in [0.5, 0.6) is 0 Å². The van der Waals surface area contributed by atoms with Crippen LogP contribution < -0.4 is 10.2 Å². The van der Waals surface area contributed by atoms with E-state index in [9.17, 15) is 14.0 Å². The van der Waals surface area contributed by atoms with Crippen LogP contribution in [0.4, 0.5) is 10.1 Å². The number of halogens is 2. The van der Waals surface area contributed by atoms with E-state index in [-0.39, 0.29) is 24.8 Å². The normalized spacial score (nSPS) is 17.5. The Hall–Kier alpha value is -3.91. The Kier molecular flexibility index (Phi) is 5.45. The summed E-state index contributed by atoms with van der Waals surface area (Å²) in [6.45, 7) is 1.89. The molecule has 3 heterocycles. The summed E-state index contributed by atoms with van der Waals surface area (Å²) >= 11 is 6.05. The van der Waals surface area contributed by atoms with E-state index in [2.05, 4.69) is 10.4 Å². The Morgan fingerprint density at radius 1 is 1.18 bits per heavy atom. The number of carbonyl (C=O) groups is 2. The molecule has 0 saturated carbocycles. The first-order chi connectivity index (χ1) is 16.3. The first-order valence-electron chi connectivity index (χ1n) is 10.6. The van der Waals surface area contributed by atoms with Crippen molar-refractivity contribution < 1.29 is 18.4 Å². The molecule has 172 valence electrons. The maximum absolute atomic E-state index is 13.7. The third kappa shape index (κ3) is 3.86. The van der Waals surface area contributed by atoms with Crippen molar-refractivity contribution in [2.75, 3.05) is 4.90 Å². The standard InChI is InChI=1S/C25H20ClFN4O3/c1-25(24(33)28-14-16-4-2-5-18(27)12-16)15-30-21(13-20(29-30)22-6-3-11-34-22)23(32)31(25)19-9-7-17(26)8-10-19/h2-13H,14-15H2,1H3,(H,28,33)/t25-/m0/s1. The van der Waals surface area contributed by atoms with E-state index in [4.69, 9.17) is 16.0 Å². The van der Waals surface area contributed by atoms with Crippen LogP contribution >= 0.6 is 11.6 Å². The Labute approximate surface area is 199 Å². The smallest absolute Gasteiger partial charge is 0.277 e. The van der Waals surface area contributed by atoms with Gasteiger partial charge in [0.1, 0.15) is 22.7 Å². The highest BCUT2D eigenvalue weighted by molar-refractivity contribution is 6.30. The van der Waals surface area contributed by atoms with E-state index in [1.54, 1.807) is 61.5 Å². The highest BCUT2D eigenvalue weighted by Crippen LogP contribution is 2.34. The maximum Gasteiger partial charge on any atom is 0.277 e. The second kappa shape index (κ2) is 8.46. The predicted molar refractivity (Wildman–Crippen MR) is 125 cm³/mol. The Bertz CT molecular complexity index is 1370. The lowest BCUT2D eigenvalue weighted by Gasteiger charge is -2.43. The molecule has 1 aliphatic rings. The van der Waals surface area contributed by atoms with Crippen LogP contribution in [-0.2, 0) is 17.9 Å². The number of benzene rings is 2. The Morgan fingerprint density at radius 3 is 2.68 bits per heavy atom. The number of anilines is 1. The third-order valence-electron chi connectivity index (χ3n) is 5.84. The molecule has 0 bridgehead atoms. The van der Waals surface area contributed by atoms with Crippen molar-refractivity contribution in [3.05, 3.63) is 95.1 Å². The molecule has 1 aliphatic heterocycles. The van der Waals surface area contributed by atoms with E-state index in [1.807, 2.05) is 0 Å².